The highest BCUT2D eigenvalue weighted by Gasteiger charge is 2.29. The molecule has 0 amide bonds. The van der Waals surface area contributed by atoms with E-state index < -0.39 is 0 Å². The molecule has 0 bridgehead atoms. The van der Waals surface area contributed by atoms with Crippen LogP contribution in [0.4, 0.5) is 0 Å². The number of hydrogen-bond acceptors (Lipinski definition) is 5. The zero-order chi connectivity index (χ0) is 18.3. The third kappa shape index (κ3) is 3.18. The fourth-order valence-corrected chi connectivity index (χ4v) is 3.86. The first-order chi connectivity index (χ1) is 11.8. The first kappa shape index (κ1) is 18.3. The number of fused-ring (bicyclic) bond motifs is 3. The van der Waals surface area contributed by atoms with E-state index in [0.717, 1.165) is 38.9 Å². The second-order valence-electron chi connectivity index (χ2n) is 6.79. The summed E-state index contributed by atoms with van der Waals surface area (Å²) in [5.41, 5.74) is 3.71. The summed E-state index contributed by atoms with van der Waals surface area (Å²) in [7, 11) is 8.02. The van der Waals surface area contributed by atoms with Crippen molar-refractivity contribution in [2.45, 2.75) is 20.0 Å². The van der Waals surface area contributed by atoms with Crippen molar-refractivity contribution in [3.8, 4) is 5.75 Å². The summed E-state index contributed by atoms with van der Waals surface area (Å²) in [5.74, 6) is 0.597. The molecule has 2 aromatic rings. The lowest BCUT2D eigenvalue weighted by atomic mass is 10.0. The Balaban J connectivity index is 2.36. The zero-order valence-electron chi connectivity index (χ0n) is 15.5. The Morgan fingerprint density at radius 3 is 2.76 bits per heavy atom. The minimum absolute atomic E-state index is 0.267. The van der Waals surface area contributed by atoms with Gasteiger partial charge in [-0.2, -0.15) is 0 Å². The normalized spacial score (nSPS) is 14.6. The number of ether oxygens (including phenoxy) is 2. The standard InChI is InChI=1S/C18H24N3O3.Al/c1-6-23-18(22)17-14(10-19(2)3)21(5)13-7-8-15-12(16(13)17)9-20(4)11-24-15;/h7H,6,9-11H2,1-5H3;. The van der Waals surface area contributed by atoms with Crippen LogP contribution in [0.2, 0.25) is 0 Å². The molecule has 0 saturated heterocycles. The number of carbonyl (C=O) groups excluding carboxylic acids is 1. The van der Waals surface area contributed by atoms with Gasteiger partial charge in [-0.3, -0.25) is 4.90 Å². The number of aryl methyl sites for hydroxylation is 1. The van der Waals surface area contributed by atoms with Crippen LogP contribution in [0.1, 0.15) is 28.5 Å². The minimum Gasteiger partial charge on any atom is -0.479 e. The van der Waals surface area contributed by atoms with Crippen molar-refractivity contribution in [3.63, 3.8) is 0 Å². The van der Waals surface area contributed by atoms with Crippen LogP contribution in [0.3, 0.4) is 0 Å². The summed E-state index contributed by atoms with van der Waals surface area (Å²) in [6.45, 7) is 4.15. The van der Waals surface area contributed by atoms with Gasteiger partial charge in [-0.1, -0.05) is 4.43 Å². The number of rotatable bonds is 4. The van der Waals surface area contributed by atoms with Gasteiger partial charge in [0.1, 0.15) is 12.5 Å². The van der Waals surface area contributed by atoms with Crippen molar-refractivity contribution < 1.29 is 14.3 Å². The Morgan fingerprint density at radius 2 is 2.12 bits per heavy atom. The molecule has 25 heavy (non-hydrogen) atoms. The van der Waals surface area contributed by atoms with E-state index >= 15 is 0 Å². The molecular formula is C18H24AlN3O3. The van der Waals surface area contributed by atoms with E-state index in [1.807, 2.05) is 35.1 Å². The Hall–Kier alpha value is -1.52. The highest BCUT2D eigenvalue weighted by molar-refractivity contribution is 6.36. The molecule has 6 nitrogen and oxygen atoms in total. The van der Waals surface area contributed by atoms with Crippen molar-refractivity contribution in [2.24, 2.45) is 7.05 Å². The maximum atomic E-state index is 12.8. The molecule has 0 atom stereocenters. The van der Waals surface area contributed by atoms with Gasteiger partial charge in [0.15, 0.2) is 16.3 Å². The molecule has 2 heterocycles. The van der Waals surface area contributed by atoms with Gasteiger partial charge in [0.05, 0.1) is 12.2 Å². The van der Waals surface area contributed by atoms with Crippen LogP contribution in [0.5, 0.6) is 5.75 Å². The lowest BCUT2D eigenvalue weighted by Gasteiger charge is -2.28. The molecule has 0 fully saturated rings. The van der Waals surface area contributed by atoms with E-state index in [9.17, 15) is 4.79 Å². The largest absolute Gasteiger partial charge is 0.479 e. The second-order valence-corrected chi connectivity index (χ2v) is 7.42. The quantitative estimate of drug-likeness (QED) is 0.603. The summed E-state index contributed by atoms with van der Waals surface area (Å²) in [6.07, 6.45) is 0. The van der Waals surface area contributed by atoms with Crippen molar-refractivity contribution in [1.29, 1.82) is 0 Å². The summed E-state index contributed by atoms with van der Waals surface area (Å²) in [4.78, 5) is 17.0. The zero-order valence-corrected chi connectivity index (χ0v) is 16.7. The van der Waals surface area contributed by atoms with E-state index in [4.69, 9.17) is 9.47 Å². The predicted octanol–water partition coefficient (Wildman–Crippen LogP) is 0.992. The highest BCUT2D eigenvalue weighted by Crippen LogP contribution is 2.36. The van der Waals surface area contributed by atoms with Crippen LogP contribution in [0.15, 0.2) is 6.07 Å². The lowest BCUT2D eigenvalue weighted by Crippen LogP contribution is -2.31. The number of carbonyl (C=O) groups is 1. The maximum Gasteiger partial charge on any atom is 0.340 e. The van der Waals surface area contributed by atoms with Crippen LogP contribution in [0.25, 0.3) is 10.9 Å². The van der Waals surface area contributed by atoms with E-state index in [1.165, 1.54) is 0 Å². The van der Waals surface area contributed by atoms with Gasteiger partial charge in [0.2, 0.25) is 0 Å². The first-order valence-corrected chi connectivity index (χ1v) is 8.98. The van der Waals surface area contributed by atoms with Crippen LogP contribution in [-0.2, 0) is 24.9 Å². The molecule has 0 saturated carbocycles. The van der Waals surface area contributed by atoms with Crippen molar-refractivity contribution in [3.05, 3.63) is 22.9 Å². The minimum atomic E-state index is -0.267. The van der Waals surface area contributed by atoms with Crippen LogP contribution in [-0.4, -0.2) is 71.1 Å². The summed E-state index contributed by atoms with van der Waals surface area (Å²) in [6, 6.07) is 2.08. The SMILES string of the molecule is CCOC(=O)c1c(CN(C)C)n(C)c2c[c]([Al])c3c(c12)CN(C)CO3. The maximum absolute atomic E-state index is 12.8. The molecule has 1 aliphatic rings. The Labute approximate surface area is 156 Å². The summed E-state index contributed by atoms with van der Waals surface area (Å²) < 4.78 is 14.4. The topological polar surface area (TPSA) is 46.9 Å². The monoisotopic (exact) mass is 357 g/mol. The molecule has 0 aliphatic carbocycles. The molecule has 1 aromatic heterocycles. The van der Waals surface area contributed by atoms with Gasteiger partial charge >= 0.3 is 5.97 Å². The van der Waals surface area contributed by atoms with E-state index in [1.54, 1.807) is 0 Å². The molecule has 7 heteroatoms. The van der Waals surface area contributed by atoms with Crippen molar-refractivity contribution >= 4 is 37.6 Å². The Kier molecular flexibility index (Phi) is 5.12. The molecule has 0 unspecified atom stereocenters. The Bertz CT molecular complexity index is 829. The molecule has 0 N–H and O–H groups in total. The van der Waals surface area contributed by atoms with E-state index in [-0.39, 0.29) is 5.97 Å². The fourth-order valence-electron chi connectivity index (χ4n) is 3.45. The first-order valence-electron chi connectivity index (χ1n) is 8.40. The van der Waals surface area contributed by atoms with Gasteiger partial charge in [0, 0.05) is 42.3 Å². The van der Waals surface area contributed by atoms with E-state index in [0.29, 0.717) is 25.4 Å². The smallest absolute Gasteiger partial charge is 0.340 e. The second kappa shape index (κ2) is 7.01. The average molecular weight is 357 g/mol. The van der Waals surface area contributed by atoms with Gasteiger partial charge in [-0.25, -0.2) is 4.79 Å². The summed E-state index contributed by atoms with van der Waals surface area (Å²) in [5, 5.41) is 0.950. The van der Waals surface area contributed by atoms with Crippen molar-refractivity contribution in [1.82, 2.24) is 14.4 Å². The Morgan fingerprint density at radius 1 is 1.40 bits per heavy atom. The molecule has 1 aromatic carbocycles. The molecular weight excluding hydrogens is 333 g/mol. The summed E-state index contributed by atoms with van der Waals surface area (Å²) >= 11 is 2.76. The molecule has 132 valence electrons. The molecule has 3 rings (SSSR count). The van der Waals surface area contributed by atoms with Gasteiger partial charge in [-0.05, 0) is 34.1 Å². The van der Waals surface area contributed by atoms with E-state index in [2.05, 4.69) is 36.7 Å². The number of hydrogen-bond donors (Lipinski definition) is 0. The number of benzene rings is 1. The van der Waals surface area contributed by atoms with Crippen LogP contribution in [0, 0.1) is 0 Å². The number of aromatic nitrogens is 1. The number of esters is 1. The third-order valence-electron chi connectivity index (χ3n) is 4.49. The van der Waals surface area contributed by atoms with Crippen LogP contribution < -0.4 is 9.16 Å². The van der Waals surface area contributed by atoms with Gasteiger partial charge in [-0.15, -0.1) is 0 Å². The molecule has 0 spiro atoms. The fraction of sp³-hybridized carbons (Fsp3) is 0.500. The van der Waals surface area contributed by atoms with Crippen molar-refractivity contribution in [2.75, 3.05) is 34.5 Å². The molecule has 1 aliphatic heterocycles. The molecule has 2 radical (unpaired) electrons. The predicted molar refractivity (Wildman–Crippen MR) is 98.6 cm³/mol. The van der Waals surface area contributed by atoms with Gasteiger partial charge < -0.3 is 18.9 Å². The lowest BCUT2D eigenvalue weighted by molar-refractivity contribution is 0.0526. The highest BCUT2D eigenvalue weighted by atomic mass is 27.0. The average Bonchev–Trinajstić information content (AvgIpc) is 2.80. The third-order valence-corrected chi connectivity index (χ3v) is 4.92. The van der Waals surface area contributed by atoms with Gasteiger partial charge in [0.25, 0.3) is 0 Å². The number of nitrogens with zero attached hydrogens (tertiary/aromatic N) is 3. The van der Waals surface area contributed by atoms with Crippen LogP contribution >= 0.6 is 0 Å².